The largest absolute Gasteiger partial charge is 0.385 e. The first-order chi connectivity index (χ1) is 12.1. The van der Waals surface area contributed by atoms with E-state index in [4.69, 9.17) is 9.47 Å². The third-order valence-corrected chi connectivity index (χ3v) is 5.18. The Bertz CT molecular complexity index is 259. The average molecular weight is 357 g/mol. The van der Waals surface area contributed by atoms with Crippen LogP contribution in [0.5, 0.6) is 0 Å². The van der Waals surface area contributed by atoms with E-state index in [1.54, 1.807) is 13.2 Å². The number of hydrogen-bond acceptors (Lipinski definition) is 2. The lowest BCUT2D eigenvalue weighted by atomic mass is 9.77. The van der Waals surface area contributed by atoms with Gasteiger partial charge in [0.05, 0.1) is 5.60 Å². The van der Waals surface area contributed by atoms with E-state index in [0.29, 0.717) is 5.92 Å². The van der Waals surface area contributed by atoms with Gasteiger partial charge in [0.1, 0.15) is 0 Å². The highest BCUT2D eigenvalue weighted by molar-refractivity contribution is 4.86. The van der Waals surface area contributed by atoms with Gasteiger partial charge in [-0.2, -0.15) is 0 Å². The van der Waals surface area contributed by atoms with Crippen LogP contribution in [0.4, 0.5) is 0 Å². The van der Waals surface area contributed by atoms with Crippen LogP contribution in [0.25, 0.3) is 0 Å². The third kappa shape index (κ3) is 13.5. The van der Waals surface area contributed by atoms with E-state index >= 15 is 0 Å². The summed E-state index contributed by atoms with van der Waals surface area (Å²) in [6, 6.07) is 0. The molecule has 0 radical (unpaired) electrons. The maximum atomic E-state index is 6.28. The number of rotatable bonds is 16. The molecule has 25 heavy (non-hydrogen) atoms. The number of hydrogen-bond donors (Lipinski definition) is 0. The van der Waals surface area contributed by atoms with Gasteiger partial charge in [-0.15, -0.1) is 6.58 Å². The second-order valence-corrected chi connectivity index (χ2v) is 7.00. The molecule has 0 rings (SSSR count). The summed E-state index contributed by atoms with van der Waals surface area (Å²) in [7, 11) is 1.80. The van der Waals surface area contributed by atoms with Crippen molar-refractivity contribution in [2.75, 3.05) is 20.3 Å². The Balaban J connectivity index is 0. The van der Waals surface area contributed by atoms with Crippen LogP contribution in [0, 0.1) is 5.92 Å². The number of methoxy groups -OCH3 is 1. The molecule has 0 aromatic rings. The van der Waals surface area contributed by atoms with Crippen LogP contribution in [-0.4, -0.2) is 25.9 Å². The second kappa shape index (κ2) is 20.0. The Morgan fingerprint density at radius 1 is 0.880 bits per heavy atom. The van der Waals surface area contributed by atoms with Gasteiger partial charge in [-0.05, 0) is 51.9 Å². The van der Waals surface area contributed by atoms with Gasteiger partial charge in [0.15, 0.2) is 0 Å². The second-order valence-electron chi connectivity index (χ2n) is 7.00. The van der Waals surface area contributed by atoms with Gasteiger partial charge in [0.25, 0.3) is 0 Å². The van der Waals surface area contributed by atoms with Crippen molar-refractivity contribution in [1.82, 2.24) is 0 Å². The molecule has 2 nitrogen and oxygen atoms in total. The molecule has 0 aliphatic rings. The predicted molar refractivity (Wildman–Crippen MR) is 113 cm³/mol. The molecule has 0 fully saturated rings. The van der Waals surface area contributed by atoms with Gasteiger partial charge >= 0.3 is 0 Å². The van der Waals surface area contributed by atoms with Crippen molar-refractivity contribution in [2.45, 2.75) is 111 Å². The molecule has 0 aliphatic carbocycles. The van der Waals surface area contributed by atoms with Crippen molar-refractivity contribution in [3.63, 3.8) is 0 Å². The number of unbranched alkanes of at least 4 members (excludes halogenated alkanes) is 5. The van der Waals surface area contributed by atoms with Gasteiger partial charge in [0, 0.05) is 20.3 Å². The van der Waals surface area contributed by atoms with E-state index in [-0.39, 0.29) is 5.60 Å². The number of allylic oxidation sites excluding steroid dienone is 1. The van der Waals surface area contributed by atoms with Gasteiger partial charge in [-0.25, -0.2) is 0 Å². The Morgan fingerprint density at radius 2 is 1.40 bits per heavy atom. The van der Waals surface area contributed by atoms with E-state index < -0.39 is 0 Å². The van der Waals surface area contributed by atoms with Crippen LogP contribution in [0.3, 0.4) is 0 Å². The molecule has 0 aromatic heterocycles. The Labute approximate surface area is 159 Å². The van der Waals surface area contributed by atoms with Crippen LogP contribution in [-0.2, 0) is 9.47 Å². The minimum absolute atomic E-state index is 0.0892. The Hall–Kier alpha value is -0.340. The van der Waals surface area contributed by atoms with Crippen LogP contribution >= 0.6 is 0 Å². The van der Waals surface area contributed by atoms with E-state index in [1.807, 2.05) is 6.92 Å². The highest BCUT2D eigenvalue weighted by Gasteiger charge is 2.35. The van der Waals surface area contributed by atoms with Gasteiger partial charge in [-0.3, -0.25) is 0 Å². The Morgan fingerprint density at radius 3 is 1.88 bits per heavy atom. The molecular weight excluding hydrogens is 308 g/mol. The predicted octanol–water partition coefficient (Wildman–Crippen LogP) is 7.57. The molecule has 152 valence electrons. The lowest BCUT2D eigenvalue weighted by Crippen LogP contribution is -2.40. The van der Waals surface area contributed by atoms with Crippen molar-refractivity contribution in [3.8, 4) is 0 Å². The molecule has 1 atom stereocenters. The summed E-state index contributed by atoms with van der Waals surface area (Å²) in [5.74, 6) is 0.684. The topological polar surface area (TPSA) is 18.5 Å². The molecule has 0 bridgehead atoms. The summed E-state index contributed by atoms with van der Waals surface area (Å²) >= 11 is 0. The molecule has 1 unspecified atom stereocenters. The first kappa shape index (κ1) is 26.9. The third-order valence-electron chi connectivity index (χ3n) is 5.18. The van der Waals surface area contributed by atoms with Gasteiger partial charge < -0.3 is 9.47 Å². The molecule has 0 saturated carbocycles. The molecule has 2 heteroatoms. The zero-order valence-corrected chi connectivity index (χ0v) is 18.4. The van der Waals surface area contributed by atoms with Crippen molar-refractivity contribution < 1.29 is 9.47 Å². The van der Waals surface area contributed by atoms with E-state index in [0.717, 1.165) is 32.5 Å². The summed E-state index contributed by atoms with van der Waals surface area (Å²) in [6.45, 7) is 16.0. The van der Waals surface area contributed by atoms with Crippen molar-refractivity contribution in [3.05, 3.63) is 12.7 Å². The SMILES string of the molecule is C=CC.CCCCCCCCC(CCCOC)C(CC)(CC)OCC. The minimum atomic E-state index is 0.0892. The maximum absolute atomic E-state index is 6.28. The first-order valence-electron chi connectivity index (χ1n) is 10.8. The first-order valence-corrected chi connectivity index (χ1v) is 10.8. The maximum Gasteiger partial charge on any atom is 0.0705 e. The van der Waals surface area contributed by atoms with Crippen LogP contribution in [0.15, 0.2) is 12.7 Å². The van der Waals surface area contributed by atoms with Crippen LogP contribution in [0.1, 0.15) is 105 Å². The zero-order chi connectivity index (χ0) is 19.4. The van der Waals surface area contributed by atoms with Crippen LogP contribution in [0.2, 0.25) is 0 Å². The standard InChI is InChI=1S/C20H42O2.C3H6/c1-6-10-11-12-13-14-16-19(17-15-18-21-5)20(7-2,8-3)22-9-4;1-3-2/h19H,6-18H2,1-5H3;3H,1H2,2H3. The average Bonchev–Trinajstić information content (AvgIpc) is 2.62. The monoisotopic (exact) mass is 356 g/mol. The zero-order valence-electron chi connectivity index (χ0n) is 18.4. The molecule has 0 aromatic carbocycles. The van der Waals surface area contributed by atoms with E-state index in [2.05, 4.69) is 34.3 Å². The number of ether oxygens (including phenoxy) is 2. The van der Waals surface area contributed by atoms with Gasteiger partial charge in [0.2, 0.25) is 0 Å². The fraction of sp³-hybridized carbons (Fsp3) is 0.913. The quantitative estimate of drug-likeness (QED) is 0.210. The summed E-state index contributed by atoms with van der Waals surface area (Å²) < 4.78 is 11.5. The minimum Gasteiger partial charge on any atom is -0.385 e. The van der Waals surface area contributed by atoms with Crippen molar-refractivity contribution in [1.29, 1.82) is 0 Å². The lowest BCUT2D eigenvalue weighted by molar-refractivity contribution is -0.0943. The summed E-state index contributed by atoms with van der Waals surface area (Å²) in [5.41, 5.74) is 0.0892. The molecule has 0 heterocycles. The van der Waals surface area contributed by atoms with E-state index in [1.165, 1.54) is 51.4 Å². The Kier molecular flexibility index (Phi) is 21.5. The highest BCUT2D eigenvalue weighted by atomic mass is 16.5. The van der Waals surface area contributed by atoms with Crippen molar-refractivity contribution in [2.24, 2.45) is 5.92 Å². The molecule has 0 saturated heterocycles. The summed E-state index contributed by atoms with van der Waals surface area (Å²) in [5, 5.41) is 0. The molecule has 0 N–H and O–H groups in total. The lowest BCUT2D eigenvalue weighted by Gasteiger charge is -2.40. The fourth-order valence-corrected chi connectivity index (χ4v) is 3.75. The smallest absolute Gasteiger partial charge is 0.0705 e. The highest BCUT2D eigenvalue weighted by Crippen LogP contribution is 2.36. The summed E-state index contributed by atoms with van der Waals surface area (Å²) in [4.78, 5) is 0. The fourth-order valence-electron chi connectivity index (χ4n) is 3.75. The summed E-state index contributed by atoms with van der Waals surface area (Å²) in [6.07, 6.45) is 16.0. The van der Waals surface area contributed by atoms with Gasteiger partial charge in [-0.1, -0.05) is 65.4 Å². The molecule has 0 amide bonds. The molecule has 0 spiro atoms. The van der Waals surface area contributed by atoms with E-state index in [9.17, 15) is 0 Å². The van der Waals surface area contributed by atoms with Crippen LogP contribution < -0.4 is 0 Å². The normalized spacial score (nSPS) is 12.4. The molecule has 0 aliphatic heterocycles. The van der Waals surface area contributed by atoms with Crippen molar-refractivity contribution >= 4 is 0 Å². The molecular formula is C23H48O2.